The summed E-state index contributed by atoms with van der Waals surface area (Å²) in [5.74, 6) is 0.928. The van der Waals surface area contributed by atoms with Crippen molar-refractivity contribution in [1.29, 1.82) is 0 Å². The van der Waals surface area contributed by atoms with Gasteiger partial charge < -0.3 is 16.2 Å². The van der Waals surface area contributed by atoms with Crippen LogP contribution < -0.4 is 11.1 Å². The first-order valence-electron chi connectivity index (χ1n) is 4.59. The van der Waals surface area contributed by atoms with E-state index in [9.17, 15) is 5.11 Å². The van der Waals surface area contributed by atoms with Crippen LogP contribution in [0.1, 0.15) is 6.92 Å². The van der Waals surface area contributed by atoms with E-state index in [1.807, 2.05) is 11.4 Å². The number of aliphatic hydroxyl groups is 1. The normalized spacial score (nSPS) is 12.9. The first kappa shape index (κ1) is 10.1. The number of nitrogens with zero attached hydrogens (tertiary/aromatic N) is 2. The molecule has 2 aromatic heterocycles. The van der Waals surface area contributed by atoms with Gasteiger partial charge in [-0.1, -0.05) is 0 Å². The van der Waals surface area contributed by atoms with E-state index in [-0.39, 0.29) is 5.95 Å². The van der Waals surface area contributed by atoms with E-state index in [1.54, 1.807) is 6.92 Å². The Labute approximate surface area is 91.0 Å². The Hall–Kier alpha value is -1.40. The van der Waals surface area contributed by atoms with Crippen LogP contribution in [0.4, 0.5) is 11.8 Å². The number of aliphatic hydroxyl groups excluding tert-OH is 1. The molecule has 2 heterocycles. The van der Waals surface area contributed by atoms with Crippen LogP contribution in [-0.2, 0) is 0 Å². The molecule has 15 heavy (non-hydrogen) atoms. The van der Waals surface area contributed by atoms with Crippen molar-refractivity contribution >= 4 is 33.3 Å². The molecule has 0 radical (unpaired) electrons. The average molecular weight is 224 g/mol. The molecular formula is C9H12N4OS. The summed E-state index contributed by atoms with van der Waals surface area (Å²) in [5.41, 5.74) is 5.57. The molecule has 4 N–H and O–H groups in total. The molecule has 0 saturated heterocycles. The second kappa shape index (κ2) is 4.00. The standard InChI is InChI=1S/C9H12N4OS/c1-5(14)4-11-7-6-2-3-15-8(6)13-9(10)12-7/h2-3,5,14H,4H2,1H3,(H3,10,11,12,13). The minimum absolute atomic E-state index is 0.248. The lowest BCUT2D eigenvalue weighted by Gasteiger charge is -2.08. The lowest BCUT2D eigenvalue weighted by atomic mass is 10.3. The molecule has 80 valence electrons. The van der Waals surface area contributed by atoms with E-state index in [4.69, 9.17) is 5.73 Å². The van der Waals surface area contributed by atoms with Crippen LogP contribution in [0.3, 0.4) is 0 Å². The van der Waals surface area contributed by atoms with Crippen molar-refractivity contribution in [1.82, 2.24) is 9.97 Å². The first-order chi connectivity index (χ1) is 7.16. The van der Waals surface area contributed by atoms with E-state index >= 15 is 0 Å². The van der Waals surface area contributed by atoms with E-state index < -0.39 is 6.10 Å². The van der Waals surface area contributed by atoms with E-state index in [1.165, 1.54) is 11.3 Å². The molecule has 1 atom stereocenters. The van der Waals surface area contributed by atoms with Crippen molar-refractivity contribution in [3.8, 4) is 0 Å². The van der Waals surface area contributed by atoms with Crippen LogP contribution in [0.5, 0.6) is 0 Å². The molecule has 0 saturated carbocycles. The number of aromatic nitrogens is 2. The van der Waals surface area contributed by atoms with Gasteiger partial charge in [-0.3, -0.25) is 0 Å². The van der Waals surface area contributed by atoms with E-state index in [0.717, 1.165) is 10.2 Å². The Morgan fingerprint density at radius 2 is 2.40 bits per heavy atom. The first-order valence-corrected chi connectivity index (χ1v) is 5.47. The number of hydrogen-bond donors (Lipinski definition) is 3. The Morgan fingerprint density at radius 1 is 1.60 bits per heavy atom. The lowest BCUT2D eigenvalue weighted by Crippen LogP contribution is -2.16. The summed E-state index contributed by atoms with van der Waals surface area (Å²) in [7, 11) is 0. The predicted molar refractivity (Wildman–Crippen MR) is 62.0 cm³/mol. The topological polar surface area (TPSA) is 84.1 Å². The van der Waals surface area contributed by atoms with Gasteiger partial charge in [0.25, 0.3) is 0 Å². The van der Waals surface area contributed by atoms with Crippen LogP contribution >= 0.6 is 11.3 Å². The average Bonchev–Trinajstić information content (AvgIpc) is 2.61. The van der Waals surface area contributed by atoms with Gasteiger partial charge in [-0.15, -0.1) is 11.3 Å². The van der Waals surface area contributed by atoms with Gasteiger partial charge in [0.1, 0.15) is 10.6 Å². The maximum Gasteiger partial charge on any atom is 0.223 e. The van der Waals surface area contributed by atoms with Crippen molar-refractivity contribution in [2.45, 2.75) is 13.0 Å². The Morgan fingerprint density at radius 3 is 3.13 bits per heavy atom. The van der Waals surface area contributed by atoms with Gasteiger partial charge in [0.2, 0.25) is 5.95 Å². The van der Waals surface area contributed by atoms with Crippen molar-refractivity contribution in [3.05, 3.63) is 11.4 Å². The number of rotatable bonds is 3. The SMILES string of the molecule is CC(O)CNc1nc(N)nc2sccc12. The fraction of sp³-hybridized carbons (Fsp3) is 0.333. The summed E-state index contributed by atoms with van der Waals surface area (Å²) in [4.78, 5) is 9.06. The lowest BCUT2D eigenvalue weighted by molar-refractivity contribution is 0.208. The van der Waals surface area contributed by atoms with Crippen molar-refractivity contribution < 1.29 is 5.11 Å². The highest BCUT2D eigenvalue weighted by Gasteiger charge is 2.07. The molecule has 1 unspecified atom stereocenters. The molecule has 0 bridgehead atoms. The summed E-state index contributed by atoms with van der Waals surface area (Å²) in [5, 5.41) is 15.1. The third kappa shape index (κ3) is 2.16. The number of nitrogens with two attached hydrogens (primary N) is 1. The van der Waals surface area contributed by atoms with Gasteiger partial charge in [0.05, 0.1) is 11.5 Å². The number of fused-ring (bicyclic) bond motifs is 1. The van der Waals surface area contributed by atoms with Crippen LogP contribution in [0, 0.1) is 0 Å². The van der Waals surface area contributed by atoms with Gasteiger partial charge in [0, 0.05) is 6.54 Å². The summed E-state index contributed by atoms with van der Waals surface area (Å²) < 4.78 is 0. The van der Waals surface area contributed by atoms with Crippen LogP contribution in [0.2, 0.25) is 0 Å². The summed E-state index contributed by atoms with van der Waals surface area (Å²) in [6, 6.07) is 1.93. The fourth-order valence-corrected chi connectivity index (χ4v) is 2.02. The molecule has 0 aliphatic rings. The Bertz CT molecular complexity index is 468. The molecule has 0 amide bonds. The largest absolute Gasteiger partial charge is 0.392 e. The van der Waals surface area contributed by atoms with Crippen LogP contribution in [0.15, 0.2) is 11.4 Å². The molecule has 0 fully saturated rings. The molecule has 6 heteroatoms. The molecule has 0 aliphatic carbocycles. The van der Waals surface area contributed by atoms with Gasteiger partial charge in [-0.2, -0.15) is 4.98 Å². The van der Waals surface area contributed by atoms with Gasteiger partial charge >= 0.3 is 0 Å². The molecule has 0 spiro atoms. The number of hydrogen-bond acceptors (Lipinski definition) is 6. The zero-order valence-electron chi connectivity index (χ0n) is 8.27. The van der Waals surface area contributed by atoms with Crippen molar-refractivity contribution in [2.75, 3.05) is 17.6 Å². The maximum absolute atomic E-state index is 9.17. The highest BCUT2D eigenvalue weighted by molar-refractivity contribution is 7.16. The van der Waals surface area contributed by atoms with Gasteiger partial charge in [-0.05, 0) is 18.4 Å². The second-order valence-electron chi connectivity index (χ2n) is 3.30. The van der Waals surface area contributed by atoms with E-state index in [0.29, 0.717) is 12.4 Å². The molecular weight excluding hydrogens is 212 g/mol. The molecule has 0 aromatic carbocycles. The highest BCUT2D eigenvalue weighted by atomic mass is 32.1. The smallest absolute Gasteiger partial charge is 0.223 e. The molecule has 2 rings (SSSR count). The minimum atomic E-state index is -0.421. The molecule has 0 aliphatic heterocycles. The molecule has 2 aromatic rings. The Balaban J connectivity index is 2.35. The van der Waals surface area contributed by atoms with Gasteiger partial charge in [-0.25, -0.2) is 4.98 Å². The second-order valence-corrected chi connectivity index (χ2v) is 4.19. The highest BCUT2D eigenvalue weighted by Crippen LogP contribution is 2.25. The predicted octanol–water partition coefficient (Wildman–Crippen LogP) is 1.07. The van der Waals surface area contributed by atoms with Gasteiger partial charge in [0.15, 0.2) is 0 Å². The molecule has 5 nitrogen and oxygen atoms in total. The van der Waals surface area contributed by atoms with E-state index in [2.05, 4.69) is 15.3 Å². The summed E-state index contributed by atoms with van der Waals surface area (Å²) >= 11 is 1.52. The number of thiophene rings is 1. The third-order valence-corrected chi connectivity index (χ3v) is 2.71. The van der Waals surface area contributed by atoms with Crippen molar-refractivity contribution in [3.63, 3.8) is 0 Å². The zero-order chi connectivity index (χ0) is 10.8. The quantitative estimate of drug-likeness (QED) is 0.726. The van der Waals surface area contributed by atoms with Crippen LogP contribution in [-0.4, -0.2) is 27.7 Å². The number of nitrogen functional groups attached to an aromatic ring is 1. The summed E-state index contributed by atoms with van der Waals surface area (Å²) in [6.45, 7) is 2.16. The summed E-state index contributed by atoms with van der Waals surface area (Å²) in [6.07, 6.45) is -0.421. The monoisotopic (exact) mass is 224 g/mol. The number of nitrogens with one attached hydrogen (secondary N) is 1. The Kier molecular flexibility index (Phi) is 2.70. The van der Waals surface area contributed by atoms with Crippen LogP contribution in [0.25, 0.3) is 10.2 Å². The van der Waals surface area contributed by atoms with Crippen molar-refractivity contribution in [2.24, 2.45) is 0 Å². The maximum atomic E-state index is 9.17. The third-order valence-electron chi connectivity index (χ3n) is 1.91. The fourth-order valence-electron chi connectivity index (χ4n) is 1.25. The number of anilines is 2. The zero-order valence-corrected chi connectivity index (χ0v) is 9.08. The minimum Gasteiger partial charge on any atom is -0.392 e.